The SMILES string of the molecule is C[C@@H]1/C=C/C[C@H](NC(=O)OC(C)(C)C)c2cc(C(N)=O)cc(c2)-c2c(cnn2C(F)F)NC1=O. The van der Waals surface area contributed by atoms with Crippen molar-refractivity contribution in [2.24, 2.45) is 11.7 Å². The lowest BCUT2D eigenvalue weighted by molar-refractivity contribution is -0.118. The van der Waals surface area contributed by atoms with Gasteiger partial charge in [-0.05, 0) is 51.0 Å². The van der Waals surface area contributed by atoms with Gasteiger partial charge in [0, 0.05) is 11.1 Å². The van der Waals surface area contributed by atoms with Crippen LogP contribution in [-0.2, 0) is 9.53 Å². The lowest BCUT2D eigenvalue weighted by atomic mass is 9.95. The van der Waals surface area contributed by atoms with E-state index in [0.717, 1.165) is 6.20 Å². The Kier molecular flexibility index (Phi) is 7.04. The highest BCUT2D eigenvalue weighted by Crippen LogP contribution is 2.35. The average Bonchev–Trinajstić information content (AvgIpc) is 3.14. The summed E-state index contributed by atoms with van der Waals surface area (Å²) in [4.78, 5) is 37.2. The van der Waals surface area contributed by atoms with Gasteiger partial charge in [-0.3, -0.25) is 9.59 Å². The Hall–Kier alpha value is -3.76. The highest BCUT2D eigenvalue weighted by molar-refractivity contribution is 5.98. The molecule has 0 saturated carbocycles. The summed E-state index contributed by atoms with van der Waals surface area (Å²) in [5, 5.41) is 9.08. The van der Waals surface area contributed by atoms with Crippen molar-refractivity contribution in [2.75, 3.05) is 5.32 Å². The van der Waals surface area contributed by atoms with E-state index < -0.39 is 42.0 Å². The van der Waals surface area contributed by atoms with Crippen LogP contribution in [0.25, 0.3) is 11.3 Å². The standard InChI is InChI=1S/C23H27F2N5O4/c1-12-6-5-7-16(29-22(33)34-23(2,3)4)13-8-14(10-15(9-13)19(26)31)18-17(28-20(12)32)11-27-30(18)21(24)25/h5-6,8-12,16,21H,7H2,1-4H3,(H2,26,31)(H,28,32)(H,29,33)/b6-5+/t12-,16+/m1/s1. The molecule has 1 aliphatic rings. The second-order valence-corrected chi connectivity index (χ2v) is 8.98. The molecule has 1 aromatic carbocycles. The number of amides is 3. The first-order valence-electron chi connectivity index (χ1n) is 10.6. The normalized spacial score (nSPS) is 19.3. The number of ether oxygens (including phenoxy) is 1. The zero-order valence-corrected chi connectivity index (χ0v) is 19.3. The van der Waals surface area contributed by atoms with Crippen LogP contribution in [0.5, 0.6) is 0 Å². The fourth-order valence-electron chi connectivity index (χ4n) is 3.50. The minimum absolute atomic E-state index is 0.0391. The molecule has 3 amide bonds. The quantitative estimate of drug-likeness (QED) is 0.575. The third-order valence-electron chi connectivity index (χ3n) is 5.05. The van der Waals surface area contributed by atoms with Gasteiger partial charge < -0.3 is 21.1 Å². The topological polar surface area (TPSA) is 128 Å². The fraction of sp³-hybridized carbons (Fsp3) is 0.391. The van der Waals surface area contributed by atoms with Crippen molar-refractivity contribution in [3.8, 4) is 11.3 Å². The van der Waals surface area contributed by atoms with Crippen LogP contribution < -0.4 is 16.4 Å². The van der Waals surface area contributed by atoms with Crippen molar-refractivity contribution >= 4 is 23.6 Å². The molecule has 0 unspecified atom stereocenters. The molecular formula is C23H27F2N5O4. The number of alkyl carbamates (subject to hydrolysis) is 1. The van der Waals surface area contributed by atoms with Gasteiger partial charge in [0.05, 0.1) is 29.5 Å². The molecule has 9 nitrogen and oxygen atoms in total. The van der Waals surface area contributed by atoms with Crippen molar-refractivity contribution in [3.63, 3.8) is 0 Å². The average molecular weight is 475 g/mol. The van der Waals surface area contributed by atoms with Gasteiger partial charge in [-0.15, -0.1) is 0 Å². The minimum atomic E-state index is -3.01. The molecule has 0 fully saturated rings. The van der Waals surface area contributed by atoms with Gasteiger partial charge >= 0.3 is 12.6 Å². The predicted molar refractivity (Wildman–Crippen MR) is 121 cm³/mol. The maximum atomic E-state index is 13.8. The van der Waals surface area contributed by atoms with Crippen molar-refractivity contribution in [3.05, 3.63) is 47.7 Å². The number of aromatic nitrogens is 2. The molecule has 0 spiro atoms. The van der Waals surface area contributed by atoms with Gasteiger partial charge in [-0.25, -0.2) is 9.48 Å². The number of hydrogen-bond donors (Lipinski definition) is 3. The molecule has 11 heteroatoms. The molecule has 0 saturated heterocycles. The zero-order valence-electron chi connectivity index (χ0n) is 19.3. The molecule has 1 aliphatic heterocycles. The Morgan fingerprint density at radius 1 is 1.29 bits per heavy atom. The number of rotatable bonds is 3. The summed E-state index contributed by atoms with van der Waals surface area (Å²) in [6.45, 7) is 3.78. The number of fused-ring (bicyclic) bond motifs is 4. The number of carbonyl (C=O) groups excluding carboxylic acids is 3. The van der Waals surface area contributed by atoms with E-state index in [1.165, 1.54) is 12.1 Å². The number of anilines is 1. The molecule has 0 radical (unpaired) electrons. The van der Waals surface area contributed by atoms with Crippen LogP contribution in [0.4, 0.5) is 19.3 Å². The summed E-state index contributed by atoms with van der Waals surface area (Å²) in [6, 6.07) is 3.66. The number of primary amides is 1. The molecule has 2 aromatic rings. The molecule has 4 N–H and O–H groups in total. The predicted octanol–water partition coefficient (Wildman–Crippen LogP) is 4.14. The second kappa shape index (κ2) is 9.62. The number of nitrogens with one attached hydrogen (secondary N) is 2. The molecule has 3 rings (SSSR count). The lowest BCUT2D eigenvalue weighted by Gasteiger charge is -2.24. The van der Waals surface area contributed by atoms with Crippen LogP contribution >= 0.6 is 0 Å². The molecule has 34 heavy (non-hydrogen) atoms. The van der Waals surface area contributed by atoms with E-state index in [1.54, 1.807) is 45.9 Å². The summed E-state index contributed by atoms with van der Waals surface area (Å²) in [5.41, 5.74) is 5.36. The van der Waals surface area contributed by atoms with E-state index >= 15 is 0 Å². The van der Waals surface area contributed by atoms with Crippen molar-refractivity contribution in [1.82, 2.24) is 15.1 Å². The first kappa shape index (κ1) is 24.9. The van der Waals surface area contributed by atoms with E-state index in [4.69, 9.17) is 10.5 Å². The van der Waals surface area contributed by atoms with Crippen molar-refractivity contribution in [1.29, 1.82) is 0 Å². The highest BCUT2D eigenvalue weighted by atomic mass is 19.3. The largest absolute Gasteiger partial charge is 0.444 e. The van der Waals surface area contributed by atoms with Crippen LogP contribution in [0.2, 0.25) is 0 Å². The van der Waals surface area contributed by atoms with Gasteiger partial charge in [-0.2, -0.15) is 13.9 Å². The molecule has 0 aliphatic carbocycles. The molecular weight excluding hydrogens is 448 g/mol. The highest BCUT2D eigenvalue weighted by Gasteiger charge is 2.26. The third-order valence-corrected chi connectivity index (χ3v) is 5.05. The number of carbonyl (C=O) groups is 3. The van der Waals surface area contributed by atoms with Gasteiger partial charge in [0.1, 0.15) is 5.60 Å². The van der Waals surface area contributed by atoms with Crippen LogP contribution in [0.3, 0.4) is 0 Å². The molecule has 1 aromatic heterocycles. The maximum absolute atomic E-state index is 13.8. The lowest BCUT2D eigenvalue weighted by Crippen LogP contribution is -2.35. The minimum Gasteiger partial charge on any atom is -0.444 e. The summed E-state index contributed by atoms with van der Waals surface area (Å²) in [7, 11) is 0. The Bertz CT molecular complexity index is 1140. The number of hydrogen-bond acceptors (Lipinski definition) is 5. The van der Waals surface area contributed by atoms with E-state index in [2.05, 4.69) is 15.7 Å². The van der Waals surface area contributed by atoms with E-state index in [0.29, 0.717) is 10.2 Å². The van der Waals surface area contributed by atoms with Crippen LogP contribution in [0.1, 0.15) is 62.6 Å². The number of nitrogens with zero attached hydrogens (tertiary/aromatic N) is 2. The van der Waals surface area contributed by atoms with Gasteiger partial charge in [0.2, 0.25) is 11.8 Å². The number of benzene rings is 1. The van der Waals surface area contributed by atoms with Gasteiger partial charge in [0.15, 0.2) is 0 Å². The first-order valence-corrected chi connectivity index (χ1v) is 10.6. The van der Waals surface area contributed by atoms with Crippen molar-refractivity contribution < 1.29 is 27.9 Å². The Morgan fingerprint density at radius 3 is 2.62 bits per heavy atom. The number of alkyl halides is 2. The van der Waals surface area contributed by atoms with E-state index in [9.17, 15) is 23.2 Å². The molecule has 2 heterocycles. The molecule has 2 bridgehead atoms. The summed E-state index contributed by atoms with van der Waals surface area (Å²) in [6.07, 6.45) is 4.01. The first-order chi connectivity index (χ1) is 15.9. The number of halogens is 2. The molecule has 182 valence electrons. The Morgan fingerprint density at radius 2 is 2.00 bits per heavy atom. The summed E-state index contributed by atoms with van der Waals surface area (Å²) in [5.74, 6) is -1.82. The summed E-state index contributed by atoms with van der Waals surface area (Å²) >= 11 is 0. The van der Waals surface area contributed by atoms with Crippen LogP contribution in [0, 0.1) is 5.92 Å². The van der Waals surface area contributed by atoms with Crippen molar-refractivity contribution in [2.45, 2.75) is 52.3 Å². The Balaban J connectivity index is 2.20. The van der Waals surface area contributed by atoms with Crippen LogP contribution in [0.15, 0.2) is 36.5 Å². The smallest absolute Gasteiger partial charge is 0.408 e. The second-order valence-electron chi connectivity index (χ2n) is 8.98. The van der Waals surface area contributed by atoms with E-state index in [-0.39, 0.29) is 28.9 Å². The van der Waals surface area contributed by atoms with Crippen LogP contribution in [-0.4, -0.2) is 33.3 Å². The van der Waals surface area contributed by atoms with Gasteiger partial charge in [-0.1, -0.05) is 19.1 Å². The summed E-state index contributed by atoms with van der Waals surface area (Å²) < 4.78 is 33.3. The monoisotopic (exact) mass is 475 g/mol. The molecule has 2 atom stereocenters. The fourth-order valence-corrected chi connectivity index (χ4v) is 3.50. The maximum Gasteiger partial charge on any atom is 0.408 e. The Labute approximate surface area is 195 Å². The van der Waals surface area contributed by atoms with Gasteiger partial charge in [0.25, 0.3) is 0 Å². The van der Waals surface area contributed by atoms with E-state index in [1.807, 2.05) is 0 Å². The third kappa shape index (κ3) is 5.77. The zero-order chi connectivity index (χ0) is 25.2. The number of nitrogens with two attached hydrogens (primary N) is 1.